The number of amides is 2. The minimum atomic E-state index is -0.860. The average molecular weight is 489 g/mol. The first-order valence-corrected chi connectivity index (χ1v) is 11.5. The number of hydrogen-bond acceptors (Lipinski definition) is 4. The van der Waals surface area contributed by atoms with Gasteiger partial charge >= 0.3 is 0 Å². The Morgan fingerprint density at radius 1 is 0.971 bits per heavy atom. The van der Waals surface area contributed by atoms with E-state index in [-0.39, 0.29) is 17.5 Å². The number of nitrogens with one attached hydrogen (secondary N) is 2. The Morgan fingerprint density at radius 2 is 1.71 bits per heavy atom. The van der Waals surface area contributed by atoms with Gasteiger partial charge in [0, 0.05) is 23.2 Å². The molecule has 0 unspecified atom stereocenters. The van der Waals surface area contributed by atoms with E-state index in [1.807, 2.05) is 26.0 Å². The van der Waals surface area contributed by atoms with Crippen LogP contribution in [0.3, 0.4) is 0 Å². The summed E-state index contributed by atoms with van der Waals surface area (Å²) in [6.07, 6.45) is 0. The molecule has 0 aliphatic rings. The molecule has 3 aromatic carbocycles. The van der Waals surface area contributed by atoms with Crippen molar-refractivity contribution < 1.29 is 9.59 Å². The normalized spacial score (nSPS) is 11.8. The van der Waals surface area contributed by atoms with Crippen molar-refractivity contribution in [2.45, 2.75) is 33.7 Å². The minimum absolute atomic E-state index is 0.148. The predicted octanol–water partition coefficient (Wildman–Crippen LogP) is 5.49. The molecule has 0 bridgehead atoms. The molecule has 0 aliphatic carbocycles. The highest BCUT2D eigenvalue weighted by molar-refractivity contribution is 6.31. The SMILES string of the molecule is CC(=O)Nc1ccc(C)cc1-c1nc2ccccc2n([C@H](C)C(=O)Nc2cccc(Cl)c2C)c1=O. The third-order valence-electron chi connectivity index (χ3n) is 5.83. The van der Waals surface area contributed by atoms with Crippen LogP contribution in [0.25, 0.3) is 22.3 Å². The maximum Gasteiger partial charge on any atom is 0.278 e. The lowest BCUT2D eigenvalue weighted by Crippen LogP contribution is -2.33. The molecule has 1 atom stereocenters. The monoisotopic (exact) mass is 488 g/mol. The van der Waals surface area contributed by atoms with Gasteiger partial charge in [0.1, 0.15) is 11.7 Å². The summed E-state index contributed by atoms with van der Waals surface area (Å²) in [6.45, 7) is 6.78. The zero-order valence-electron chi connectivity index (χ0n) is 19.8. The maximum atomic E-state index is 13.8. The average Bonchev–Trinajstić information content (AvgIpc) is 2.82. The summed E-state index contributed by atoms with van der Waals surface area (Å²) in [5, 5.41) is 6.19. The number of carbonyl (C=O) groups excluding carboxylic acids is 2. The number of aryl methyl sites for hydroxylation is 1. The lowest BCUT2D eigenvalue weighted by Gasteiger charge is -2.20. The van der Waals surface area contributed by atoms with Crippen LogP contribution in [0.15, 0.2) is 65.5 Å². The highest BCUT2D eigenvalue weighted by Gasteiger charge is 2.23. The summed E-state index contributed by atoms with van der Waals surface area (Å²) < 4.78 is 1.44. The standard InChI is InChI=1S/C27H25ClN4O3/c1-15-12-13-22(29-18(4)33)19(14-15)25-27(35)32(24-11-6-5-9-23(24)30-25)17(3)26(34)31-21-10-7-8-20(28)16(21)2/h5-14,17H,1-4H3,(H,29,33)(H,31,34)/t17-/m1/s1. The summed E-state index contributed by atoms with van der Waals surface area (Å²) in [7, 11) is 0. The van der Waals surface area contributed by atoms with Gasteiger partial charge in [0.25, 0.3) is 5.56 Å². The summed E-state index contributed by atoms with van der Waals surface area (Å²) in [4.78, 5) is 43.6. The van der Waals surface area contributed by atoms with Crippen LogP contribution in [-0.2, 0) is 9.59 Å². The van der Waals surface area contributed by atoms with E-state index < -0.39 is 11.6 Å². The van der Waals surface area contributed by atoms with Crippen LogP contribution in [0, 0.1) is 13.8 Å². The Labute approximate surface area is 207 Å². The molecule has 4 aromatic rings. The number of nitrogens with zero attached hydrogens (tertiary/aromatic N) is 2. The third-order valence-corrected chi connectivity index (χ3v) is 6.24. The van der Waals surface area contributed by atoms with Crippen LogP contribution in [0.5, 0.6) is 0 Å². The van der Waals surface area contributed by atoms with Gasteiger partial charge in [0.15, 0.2) is 0 Å². The van der Waals surface area contributed by atoms with E-state index in [9.17, 15) is 14.4 Å². The summed E-state index contributed by atoms with van der Waals surface area (Å²) in [5.41, 5.74) is 3.97. The van der Waals surface area contributed by atoms with Crippen LogP contribution >= 0.6 is 11.6 Å². The first kappa shape index (κ1) is 24.2. The Balaban J connectivity index is 1.88. The van der Waals surface area contributed by atoms with Gasteiger partial charge in [-0.05, 0) is 62.7 Å². The van der Waals surface area contributed by atoms with Gasteiger partial charge in [-0.2, -0.15) is 0 Å². The number of rotatable bonds is 5. The molecule has 1 aromatic heterocycles. The van der Waals surface area contributed by atoms with Gasteiger partial charge in [-0.15, -0.1) is 0 Å². The van der Waals surface area contributed by atoms with Gasteiger partial charge in [-0.25, -0.2) is 4.98 Å². The number of anilines is 2. The molecule has 2 amide bonds. The van der Waals surface area contributed by atoms with Gasteiger partial charge in [-0.3, -0.25) is 19.0 Å². The van der Waals surface area contributed by atoms with Crippen molar-refractivity contribution in [3.05, 3.63) is 87.2 Å². The van der Waals surface area contributed by atoms with Crippen molar-refractivity contribution in [3.63, 3.8) is 0 Å². The molecule has 0 saturated heterocycles. The topological polar surface area (TPSA) is 93.1 Å². The molecule has 0 saturated carbocycles. The summed E-state index contributed by atoms with van der Waals surface area (Å²) in [5.74, 6) is -0.632. The van der Waals surface area contributed by atoms with Crippen LogP contribution < -0.4 is 16.2 Å². The zero-order valence-corrected chi connectivity index (χ0v) is 20.6. The number of fused-ring (bicyclic) bond motifs is 1. The number of benzene rings is 3. The van der Waals surface area contributed by atoms with Crippen molar-refractivity contribution >= 4 is 45.8 Å². The largest absolute Gasteiger partial charge is 0.326 e. The molecule has 1 heterocycles. The highest BCUT2D eigenvalue weighted by Crippen LogP contribution is 2.29. The summed E-state index contributed by atoms with van der Waals surface area (Å²) in [6, 6.07) is 16.9. The molecule has 178 valence electrons. The molecule has 7 nitrogen and oxygen atoms in total. The lowest BCUT2D eigenvalue weighted by molar-refractivity contribution is -0.118. The second kappa shape index (κ2) is 9.72. The van der Waals surface area contributed by atoms with Crippen molar-refractivity contribution in [3.8, 4) is 11.3 Å². The van der Waals surface area contributed by atoms with E-state index in [2.05, 4.69) is 15.6 Å². The first-order valence-electron chi connectivity index (χ1n) is 11.1. The number of para-hydroxylation sites is 2. The molecule has 2 N–H and O–H groups in total. The second-order valence-electron chi connectivity index (χ2n) is 8.43. The minimum Gasteiger partial charge on any atom is -0.326 e. The van der Waals surface area contributed by atoms with Crippen LogP contribution in [0.1, 0.15) is 31.0 Å². The number of hydrogen-bond donors (Lipinski definition) is 2. The van der Waals surface area contributed by atoms with Crippen LogP contribution in [-0.4, -0.2) is 21.4 Å². The van der Waals surface area contributed by atoms with Crippen molar-refractivity contribution in [1.29, 1.82) is 0 Å². The second-order valence-corrected chi connectivity index (χ2v) is 8.84. The molecule has 0 aliphatic heterocycles. The molecule has 0 spiro atoms. The smallest absolute Gasteiger partial charge is 0.278 e. The molecular formula is C27H25ClN4O3. The van der Waals surface area contributed by atoms with Gasteiger partial charge in [-0.1, -0.05) is 41.4 Å². The van der Waals surface area contributed by atoms with E-state index in [1.165, 1.54) is 11.5 Å². The van der Waals surface area contributed by atoms with E-state index in [0.29, 0.717) is 33.0 Å². The molecule has 0 radical (unpaired) electrons. The fourth-order valence-corrected chi connectivity index (χ4v) is 4.14. The Bertz CT molecular complexity index is 1530. The third kappa shape index (κ3) is 4.81. The van der Waals surface area contributed by atoms with E-state index >= 15 is 0 Å². The summed E-state index contributed by atoms with van der Waals surface area (Å²) >= 11 is 6.20. The maximum absolute atomic E-state index is 13.8. The molecule has 35 heavy (non-hydrogen) atoms. The molecule has 8 heteroatoms. The van der Waals surface area contributed by atoms with Gasteiger partial charge in [0.2, 0.25) is 11.8 Å². The lowest BCUT2D eigenvalue weighted by atomic mass is 10.1. The predicted molar refractivity (Wildman–Crippen MR) is 140 cm³/mol. The molecular weight excluding hydrogens is 464 g/mol. The fraction of sp³-hybridized carbons (Fsp3) is 0.185. The quantitative estimate of drug-likeness (QED) is 0.388. The van der Waals surface area contributed by atoms with Crippen molar-refractivity contribution in [1.82, 2.24) is 9.55 Å². The van der Waals surface area contributed by atoms with Gasteiger partial charge in [0.05, 0.1) is 16.7 Å². The first-order chi connectivity index (χ1) is 16.7. The highest BCUT2D eigenvalue weighted by atomic mass is 35.5. The number of carbonyl (C=O) groups is 2. The van der Waals surface area contributed by atoms with Crippen LogP contribution in [0.2, 0.25) is 5.02 Å². The molecule has 0 fully saturated rings. The van der Waals surface area contributed by atoms with Crippen LogP contribution in [0.4, 0.5) is 11.4 Å². The van der Waals surface area contributed by atoms with E-state index in [4.69, 9.17) is 11.6 Å². The van der Waals surface area contributed by atoms with Crippen molar-refractivity contribution in [2.75, 3.05) is 10.6 Å². The Hall–Kier alpha value is -3.97. The number of halogens is 1. The van der Waals surface area contributed by atoms with Crippen molar-refractivity contribution in [2.24, 2.45) is 0 Å². The Morgan fingerprint density at radius 3 is 2.46 bits per heavy atom. The number of aromatic nitrogens is 2. The Kier molecular flexibility index (Phi) is 6.71. The zero-order chi connectivity index (χ0) is 25.3. The molecule has 4 rings (SSSR count). The van der Waals surface area contributed by atoms with E-state index in [1.54, 1.807) is 55.5 Å². The fourth-order valence-electron chi connectivity index (χ4n) is 3.96. The van der Waals surface area contributed by atoms with E-state index in [0.717, 1.165) is 11.1 Å². The van der Waals surface area contributed by atoms with Gasteiger partial charge < -0.3 is 10.6 Å².